The molecule has 1 atom stereocenters. The zero-order valence-corrected chi connectivity index (χ0v) is 8.47. The number of rotatable bonds is 3. The molecule has 0 bridgehead atoms. The van der Waals surface area contributed by atoms with Gasteiger partial charge in [-0.25, -0.2) is 8.42 Å². The summed E-state index contributed by atoms with van der Waals surface area (Å²) in [5.41, 5.74) is 4.83. The summed E-state index contributed by atoms with van der Waals surface area (Å²) in [4.78, 5) is 0. The fraction of sp³-hybridized carbons (Fsp3) is 1.00. The van der Waals surface area contributed by atoms with Crippen molar-refractivity contribution in [2.24, 2.45) is 5.73 Å². The summed E-state index contributed by atoms with van der Waals surface area (Å²) in [7, 11) is -4.32. The molecule has 3 N–H and O–H groups in total. The van der Waals surface area contributed by atoms with E-state index in [0.29, 0.717) is 0 Å². The second-order valence-corrected chi connectivity index (χ2v) is 3.06. The standard InChI is InChI=1S/C3H9NO4S.Na/c4-1-3(5)2-9(6,7)8;/h3,5H,1-2,4H2,(H,6,7,8);/q;+1/p-1. The SMILES string of the molecule is NCC(O)CS(=O)(=O)[O-].[Na+]. The molecule has 0 aromatic rings. The first-order valence-electron chi connectivity index (χ1n) is 2.27. The Morgan fingerprint density at radius 3 is 2.10 bits per heavy atom. The predicted octanol–water partition coefficient (Wildman–Crippen LogP) is -5.14. The number of aliphatic hydroxyl groups excluding tert-OH is 1. The molecule has 0 aliphatic heterocycles. The third-order valence-corrected chi connectivity index (χ3v) is 1.46. The molecule has 0 aromatic heterocycles. The van der Waals surface area contributed by atoms with E-state index in [1.807, 2.05) is 0 Å². The summed E-state index contributed by atoms with van der Waals surface area (Å²) in [6, 6.07) is 0. The van der Waals surface area contributed by atoms with Crippen LogP contribution in [0.5, 0.6) is 0 Å². The summed E-state index contributed by atoms with van der Waals surface area (Å²) in [5, 5.41) is 8.49. The molecule has 10 heavy (non-hydrogen) atoms. The predicted molar refractivity (Wildman–Crippen MR) is 29.6 cm³/mol. The molecule has 0 saturated carbocycles. The third-order valence-electron chi connectivity index (χ3n) is 0.669. The van der Waals surface area contributed by atoms with Crippen LogP contribution in [-0.4, -0.2) is 36.5 Å². The molecule has 0 amide bonds. The molecule has 56 valence electrons. The quantitative estimate of drug-likeness (QED) is 0.331. The minimum atomic E-state index is -4.32. The van der Waals surface area contributed by atoms with Gasteiger partial charge in [0, 0.05) is 6.54 Å². The number of hydrogen-bond donors (Lipinski definition) is 2. The van der Waals surface area contributed by atoms with Crippen molar-refractivity contribution in [1.29, 1.82) is 0 Å². The van der Waals surface area contributed by atoms with E-state index in [9.17, 15) is 13.0 Å². The topological polar surface area (TPSA) is 103 Å². The normalized spacial score (nSPS) is 13.9. The van der Waals surface area contributed by atoms with Gasteiger partial charge in [-0.05, 0) is 0 Å². The van der Waals surface area contributed by atoms with Gasteiger partial charge in [-0.15, -0.1) is 0 Å². The number of aliphatic hydroxyl groups is 1. The first kappa shape index (κ1) is 13.4. The van der Waals surface area contributed by atoms with Crippen LogP contribution in [0, 0.1) is 0 Å². The average molecular weight is 177 g/mol. The number of hydrogen-bond acceptors (Lipinski definition) is 5. The Morgan fingerprint density at radius 1 is 1.60 bits per heavy atom. The molecule has 0 aliphatic rings. The van der Waals surface area contributed by atoms with Crippen molar-refractivity contribution in [3.63, 3.8) is 0 Å². The van der Waals surface area contributed by atoms with E-state index in [-0.39, 0.29) is 36.1 Å². The Morgan fingerprint density at radius 2 is 2.00 bits per heavy atom. The molecule has 0 fully saturated rings. The molecule has 0 aliphatic carbocycles. The smallest absolute Gasteiger partial charge is 0.748 e. The molecule has 0 saturated heterocycles. The first-order valence-corrected chi connectivity index (χ1v) is 3.85. The summed E-state index contributed by atoms with van der Waals surface area (Å²) < 4.78 is 29.5. The van der Waals surface area contributed by atoms with Crippen LogP contribution in [-0.2, 0) is 10.1 Å². The van der Waals surface area contributed by atoms with Crippen LogP contribution in [0.15, 0.2) is 0 Å². The van der Waals surface area contributed by atoms with Crippen molar-refractivity contribution in [3.8, 4) is 0 Å². The van der Waals surface area contributed by atoms with Crippen molar-refractivity contribution < 1.29 is 47.6 Å². The molecule has 0 aromatic carbocycles. The van der Waals surface area contributed by atoms with Gasteiger partial charge < -0.3 is 15.4 Å². The van der Waals surface area contributed by atoms with Gasteiger partial charge in [-0.2, -0.15) is 0 Å². The maximum absolute atomic E-state index is 9.83. The Bertz CT molecular complexity index is 167. The summed E-state index contributed by atoms with van der Waals surface area (Å²) in [5.74, 6) is -0.802. The van der Waals surface area contributed by atoms with Crippen LogP contribution in [0.2, 0.25) is 0 Å². The molecule has 0 rings (SSSR count). The maximum atomic E-state index is 9.83. The van der Waals surface area contributed by atoms with Crippen LogP contribution in [0.4, 0.5) is 0 Å². The van der Waals surface area contributed by atoms with Crippen LogP contribution in [0.3, 0.4) is 0 Å². The Balaban J connectivity index is 0. The van der Waals surface area contributed by atoms with Crippen LogP contribution in [0.25, 0.3) is 0 Å². The molecule has 7 heteroatoms. The van der Waals surface area contributed by atoms with Crippen molar-refractivity contribution in [3.05, 3.63) is 0 Å². The van der Waals surface area contributed by atoms with Gasteiger partial charge in [-0.3, -0.25) is 0 Å². The summed E-state index contributed by atoms with van der Waals surface area (Å²) in [6.45, 7) is -0.207. The Kier molecular flexibility index (Phi) is 7.35. The van der Waals surface area contributed by atoms with Gasteiger partial charge in [0.1, 0.15) is 0 Å². The fourth-order valence-corrected chi connectivity index (χ4v) is 0.911. The van der Waals surface area contributed by atoms with Crippen LogP contribution in [0.1, 0.15) is 0 Å². The molecular weight excluding hydrogens is 169 g/mol. The van der Waals surface area contributed by atoms with Crippen molar-refractivity contribution in [2.75, 3.05) is 12.3 Å². The zero-order chi connectivity index (χ0) is 7.49. The van der Waals surface area contributed by atoms with E-state index < -0.39 is 22.0 Å². The van der Waals surface area contributed by atoms with E-state index in [1.165, 1.54) is 0 Å². The van der Waals surface area contributed by atoms with Gasteiger partial charge in [-0.1, -0.05) is 0 Å². The van der Waals surface area contributed by atoms with Crippen molar-refractivity contribution in [2.45, 2.75) is 6.10 Å². The fourth-order valence-electron chi connectivity index (χ4n) is 0.304. The molecule has 0 heterocycles. The molecular formula is C3H8NNaO4S. The van der Waals surface area contributed by atoms with E-state index in [2.05, 4.69) is 0 Å². The second-order valence-electron chi connectivity index (χ2n) is 1.61. The molecule has 5 nitrogen and oxygen atoms in total. The van der Waals surface area contributed by atoms with E-state index in [4.69, 9.17) is 10.8 Å². The average Bonchev–Trinajstić information content (AvgIpc) is 1.62. The molecule has 1 unspecified atom stereocenters. The van der Waals surface area contributed by atoms with E-state index in [1.54, 1.807) is 0 Å². The third kappa shape index (κ3) is 8.83. The molecule has 0 spiro atoms. The Hall–Kier alpha value is 0.830. The zero-order valence-electron chi connectivity index (χ0n) is 5.65. The second kappa shape index (κ2) is 5.48. The minimum Gasteiger partial charge on any atom is -0.748 e. The van der Waals surface area contributed by atoms with Gasteiger partial charge in [0.2, 0.25) is 0 Å². The van der Waals surface area contributed by atoms with Gasteiger partial charge in [0.05, 0.1) is 22.0 Å². The number of nitrogens with two attached hydrogens (primary N) is 1. The van der Waals surface area contributed by atoms with Crippen molar-refractivity contribution >= 4 is 10.1 Å². The van der Waals surface area contributed by atoms with E-state index in [0.717, 1.165) is 0 Å². The Labute approximate surface area is 81.6 Å². The van der Waals surface area contributed by atoms with Gasteiger partial charge >= 0.3 is 29.6 Å². The monoisotopic (exact) mass is 177 g/mol. The maximum Gasteiger partial charge on any atom is 1.00 e. The van der Waals surface area contributed by atoms with Gasteiger partial charge in [0.15, 0.2) is 0 Å². The minimum absolute atomic E-state index is 0. The largest absolute Gasteiger partial charge is 1.00 e. The molecule has 0 radical (unpaired) electrons. The van der Waals surface area contributed by atoms with Crippen molar-refractivity contribution in [1.82, 2.24) is 0 Å². The summed E-state index contributed by atoms with van der Waals surface area (Å²) in [6.07, 6.45) is -1.23. The van der Waals surface area contributed by atoms with E-state index >= 15 is 0 Å². The van der Waals surface area contributed by atoms with Crippen LogP contribution >= 0.6 is 0 Å². The van der Waals surface area contributed by atoms with Gasteiger partial charge in [0.25, 0.3) is 0 Å². The van der Waals surface area contributed by atoms with Crippen LogP contribution < -0.4 is 35.3 Å². The first-order chi connectivity index (χ1) is 3.95. The summed E-state index contributed by atoms with van der Waals surface area (Å²) >= 11 is 0.